The molecule has 1 aromatic heterocycles. The van der Waals surface area contributed by atoms with Gasteiger partial charge < -0.3 is 15.2 Å². The van der Waals surface area contributed by atoms with Gasteiger partial charge in [-0.25, -0.2) is 0 Å². The molecule has 0 saturated carbocycles. The number of pyridine rings is 1. The quantitative estimate of drug-likeness (QED) is 0.799. The lowest BCUT2D eigenvalue weighted by Crippen LogP contribution is -2.33. The van der Waals surface area contributed by atoms with Gasteiger partial charge >= 0.3 is 0 Å². The first-order valence-corrected chi connectivity index (χ1v) is 6.65. The maximum atomic E-state index is 9.17. The molecule has 0 spiro atoms. The standard InChI is InChI=1S/C15H20N2O2/c1-2-16-13(11-18)7-9-19-14-6-5-12-4-3-8-17-15(12)10-14/h3-6,8,10,13,16,18H,2,7,9,11H2,1H3. The van der Waals surface area contributed by atoms with Gasteiger partial charge in [0.15, 0.2) is 0 Å². The van der Waals surface area contributed by atoms with Gasteiger partial charge in [-0.2, -0.15) is 0 Å². The number of fused-ring (bicyclic) bond motifs is 1. The Morgan fingerprint density at radius 2 is 2.26 bits per heavy atom. The van der Waals surface area contributed by atoms with Crippen LogP contribution in [0.4, 0.5) is 0 Å². The molecule has 19 heavy (non-hydrogen) atoms. The van der Waals surface area contributed by atoms with E-state index in [4.69, 9.17) is 9.84 Å². The van der Waals surface area contributed by atoms with E-state index in [1.165, 1.54) is 0 Å². The predicted molar refractivity (Wildman–Crippen MR) is 76.4 cm³/mol. The first-order chi connectivity index (χ1) is 9.33. The summed E-state index contributed by atoms with van der Waals surface area (Å²) in [5, 5.41) is 13.5. The Bertz CT molecular complexity index is 516. The molecule has 1 unspecified atom stereocenters. The zero-order valence-corrected chi connectivity index (χ0v) is 11.2. The minimum Gasteiger partial charge on any atom is -0.493 e. The summed E-state index contributed by atoms with van der Waals surface area (Å²) < 4.78 is 5.70. The van der Waals surface area contributed by atoms with Gasteiger partial charge in [-0.3, -0.25) is 4.98 Å². The number of ether oxygens (including phenoxy) is 1. The summed E-state index contributed by atoms with van der Waals surface area (Å²) in [7, 11) is 0. The van der Waals surface area contributed by atoms with E-state index in [9.17, 15) is 0 Å². The Morgan fingerprint density at radius 3 is 3.05 bits per heavy atom. The lowest BCUT2D eigenvalue weighted by atomic mass is 10.2. The molecule has 2 N–H and O–H groups in total. The largest absolute Gasteiger partial charge is 0.493 e. The molecule has 1 aromatic carbocycles. The number of hydrogen-bond donors (Lipinski definition) is 2. The van der Waals surface area contributed by atoms with Crippen LogP contribution < -0.4 is 10.1 Å². The highest BCUT2D eigenvalue weighted by Gasteiger charge is 2.05. The van der Waals surface area contributed by atoms with Crippen molar-refractivity contribution in [3.8, 4) is 5.75 Å². The van der Waals surface area contributed by atoms with Crippen LogP contribution in [-0.2, 0) is 0 Å². The van der Waals surface area contributed by atoms with Crippen LogP contribution in [0.3, 0.4) is 0 Å². The Morgan fingerprint density at radius 1 is 1.37 bits per heavy atom. The van der Waals surface area contributed by atoms with Gasteiger partial charge in [0, 0.05) is 23.7 Å². The van der Waals surface area contributed by atoms with Crippen molar-refractivity contribution in [1.82, 2.24) is 10.3 Å². The van der Waals surface area contributed by atoms with Crippen LogP contribution in [-0.4, -0.2) is 35.9 Å². The number of aromatic nitrogens is 1. The summed E-state index contributed by atoms with van der Waals surface area (Å²) in [5.74, 6) is 0.819. The molecule has 0 amide bonds. The average molecular weight is 260 g/mol. The molecule has 1 heterocycles. The number of benzene rings is 1. The van der Waals surface area contributed by atoms with E-state index in [0.717, 1.165) is 29.6 Å². The van der Waals surface area contributed by atoms with Crippen molar-refractivity contribution >= 4 is 10.9 Å². The minimum absolute atomic E-state index is 0.101. The van der Waals surface area contributed by atoms with Crippen molar-refractivity contribution < 1.29 is 9.84 Å². The van der Waals surface area contributed by atoms with Gasteiger partial charge in [-0.1, -0.05) is 13.0 Å². The van der Waals surface area contributed by atoms with E-state index < -0.39 is 0 Å². The number of aliphatic hydroxyl groups is 1. The second kappa shape index (κ2) is 7.07. The molecule has 0 aliphatic carbocycles. The summed E-state index contributed by atoms with van der Waals surface area (Å²) in [6, 6.07) is 9.95. The Balaban J connectivity index is 1.90. The number of nitrogens with zero attached hydrogens (tertiary/aromatic N) is 1. The van der Waals surface area contributed by atoms with Gasteiger partial charge in [0.1, 0.15) is 5.75 Å². The highest BCUT2D eigenvalue weighted by atomic mass is 16.5. The number of likely N-dealkylation sites (N-methyl/N-ethyl adjacent to an activating group) is 1. The van der Waals surface area contributed by atoms with Crippen molar-refractivity contribution in [2.24, 2.45) is 0 Å². The molecular formula is C15H20N2O2. The molecule has 4 heteroatoms. The third kappa shape index (κ3) is 3.91. The van der Waals surface area contributed by atoms with Crippen LogP contribution in [0.15, 0.2) is 36.5 Å². The first kappa shape index (κ1) is 13.8. The molecule has 0 radical (unpaired) electrons. The van der Waals surface area contributed by atoms with Crippen molar-refractivity contribution in [2.45, 2.75) is 19.4 Å². The molecule has 102 valence electrons. The molecule has 0 aliphatic heterocycles. The molecular weight excluding hydrogens is 240 g/mol. The third-order valence-electron chi connectivity index (χ3n) is 3.03. The zero-order chi connectivity index (χ0) is 13.5. The average Bonchev–Trinajstić information content (AvgIpc) is 2.46. The van der Waals surface area contributed by atoms with E-state index in [1.807, 2.05) is 37.3 Å². The molecule has 2 aromatic rings. The van der Waals surface area contributed by atoms with Crippen LogP contribution in [0.1, 0.15) is 13.3 Å². The lowest BCUT2D eigenvalue weighted by molar-refractivity contribution is 0.210. The highest BCUT2D eigenvalue weighted by molar-refractivity contribution is 5.79. The van der Waals surface area contributed by atoms with Gasteiger partial charge in [0.25, 0.3) is 0 Å². The molecule has 1 atom stereocenters. The van der Waals surface area contributed by atoms with Crippen LogP contribution in [0.25, 0.3) is 10.9 Å². The maximum Gasteiger partial charge on any atom is 0.121 e. The van der Waals surface area contributed by atoms with Gasteiger partial charge in [-0.05, 0) is 31.2 Å². The smallest absolute Gasteiger partial charge is 0.121 e. The fourth-order valence-corrected chi connectivity index (χ4v) is 2.00. The van der Waals surface area contributed by atoms with Gasteiger partial charge in [-0.15, -0.1) is 0 Å². The van der Waals surface area contributed by atoms with Crippen LogP contribution in [0, 0.1) is 0 Å². The lowest BCUT2D eigenvalue weighted by Gasteiger charge is -2.15. The van der Waals surface area contributed by atoms with E-state index >= 15 is 0 Å². The number of rotatable bonds is 7. The summed E-state index contributed by atoms with van der Waals surface area (Å²) in [6.45, 7) is 3.59. The number of hydrogen-bond acceptors (Lipinski definition) is 4. The van der Waals surface area contributed by atoms with Gasteiger partial charge in [0.2, 0.25) is 0 Å². The van der Waals surface area contributed by atoms with Crippen molar-refractivity contribution in [1.29, 1.82) is 0 Å². The first-order valence-electron chi connectivity index (χ1n) is 6.65. The normalized spacial score (nSPS) is 12.5. The molecule has 4 nitrogen and oxygen atoms in total. The van der Waals surface area contributed by atoms with E-state index in [1.54, 1.807) is 6.20 Å². The van der Waals surface area contributed by atoms with E-state index in [2.05, 4.69) is 10.3 Å². The maximum absolute atomic E-state index is 9.17. The highest BCUT2D eigenvalue weighted by Crippen LogP contribution is 2.18. The summed E-state index contributed by atoms with van der Waals surface area (Å²) >= 11 is 0. The van der Waals surface area contributed by atoms with Crippen LogP contribution in [0.5, 0.6) is 5.75 Å². The predicted octanol–water partition coefficient (Wildman–Crippen LogP) is 1.97. The van der Waals surface area contributed by atoms with Crippen molar-refractivity contribution in [2.75, 3.05) is 19.8 Å². The fourth-order valence-electron chi connectivity index (χ4n) is 2.00. The molecule has 0 bridgehead atoms. The molecule has 0 aliphatic rings. The second-order valence-electron chi connectivity index (χ2n) is 4.43. The number of aliphatic hydroxyl groups excluding tert-OH is 1. The fraction of sp³-hybridized carbons (Fsp3) is 0.400. The Kier molecular flexibility index (Phi) is 5.12. The zero-order valence-electron chi connectivity index (χ0n) is 11.2. The van der Waals surface area contributed by atoms with Gasteiger partial charge in [0.05, 0.1) is 18.7 Å². The topological polar surface area (TPSA) is 54.4 Å². The van der Waals surface area contributed by atoms with E-state index in [0.29, 0.717) is 6.61 Å². The Hall–Kier alpha value is -1.65. The second-order valence-corrected chi connectivity index (χ2v) is 4.43. The van der Waals surface area contributed by atoms with Crippen molar-refractivity contribution in [3.63, 3.8) is 0 Å². The van der Waals surface area contributed by atoms with E-state index in [-0.39, 0.29) is 12.6 Å². The molecule has 0 fully saturated rings. The summed E-state index contributed by atoms with van der Waals surface area (Å²) in [5.41, 5.74) is 0.936. The summed E-state index contributed by atoms with van der Waals surface area (Å²) in [4.78, 5) is 4.30. The van der Waals surface area contributed by atoms with Crippen molar-refractivity contribution in [3.05, 3.63) is 36.5 Å². The minimum atomic E-state index is 0.101. The number of nitrogens with one attached hydrogen (secondary N) is 1. The SMILES string of the molecule is CCNC(CO)CCOc1ccc2cccnc2c1. The molecule has 0 saturated heterocycles. The van der Waals surface area contributed by atoms with Crippen LogP contribution in [0.2, 0.25) is 0 Å². The Labute approximate surface area is 113 Å². The monoisotopic (exact) mass is 260 g/mol. The molecule has 2 rings (SSSR count). The van der Waals surface area contributed by atoms with Crippen LogP contribution >= 0.6 is 0 Å². The summed E-state index contributed by atoms with van der Waals surface area (Å²) in [6.07, 6.45) is 2.56. The third-order valence-corrected chi connectivity index (χ3v) is 3.03.